The molecule has 1 aliphatic carbocycles. The summed E-state index contributed by atoms with van der Waals surface area (Å²) in [5, 5.41) is 3.00. The molecule has 4 rings (SSSR count). The van der Waals surface area contributed by atoms with Crippen LogP contribution in [0.25, 0.3) is 0 Å². The van der Waals surface area contributed by atoms with E-state index >= 15 is 0 Å². The molecule has 1 saturated carbocycles. The second-order valence-corrected chi connectivity index (χ2v) is 8.06. The van der Waals surface area contributed by atoms with Crippen LogP contribution in [0.4, 0.5) is 4.39 Å². The van der Waals surface area contributed by atoms with Crippen LogP contribution in [0.3, 0.4) is 0 Å². The molecule has 2 amide bonds. The summed E-state index contributed by atoms with van der Waals surface area (Å²) in [4.78, 5) is 29.4. The molecule has 0 atom stereocenters. The van der Waals surface area contributed by atoms with E-state index in [1.807, 2.05) is 29.2 Å². The zero-order chi connectivity index (χ0) is 20.4. The molecule has 0 bridgehead atoms. The van der Waals surface area contributed by atoms with Gasteiger partial charge in [0, 0.05) is 38.3 Å². The monoisotopic (exact) mass is 395 g/mol. The summed E-state index contributed by atoms with van der Waals surface area (Å²) in [7, 11) is 2.06. The quantitative estimate of drug-likeness (QED) is 0.847. The van der Waals surface area contributed by atoms with E-state index in [0.29, 0.717) is 12.1 Å². The van der Waals surface area contributed by atoms with Crippen molar-refractivity contribution >= 4 is 11.8 Å². The van der Waals surface area contributed by atoms with Gasteiger partial charge in [0.25, 0.3) is 5.91 Å². The Balaban J connectivity index is 1.34. The van der Waals surface area contributed by atoms with Crippen LogP contribution in [-0.2, 0) is 16.8 Å². The van der Waals surface area contributed by atoms with Gasteiger partial charge in [-0.15, -0.1) is 0 Å². The third kappa shape index (κ3) is 4.17. The molecular formula is C23H26FN3O2. The molecule has 0 aromatic heterocycles. The van der Waals surface area contributed by atoms with E-state index in [0.717, 1.165) is 50.1 Å². The van der Waals surface area contributed by atoms with Gasteiger partial charge in [-0.1, -0.05) is 24.3 Å². The van der Waals surface area contributed by atoms with Crippen LogP contribution >= 0.6 is 0 Å². The Labute approximate surface area is 170 Å². The Morgan fingerprint density at radius 1 is 0.966 bits per heavy atom. The highest BCUT2D eigenvalue weighted by atomic mass is 19.1. The fourth-order valence-corrected chi connectivity index (χ4v) is 3.85. The first-order valence-corrected chi connectivity index (χ1v) is 10.1. The van der Waals surface area contributed by atoms with Gasteiger partial charge in [0.15, 0.2) is 0 Å². The summed E-state index contributed by atoms with van der Waals surface area (Å²) < 4.78 is 13.2. The fourth-order valence-electron chi connectivity index (χ4n) is 3.85. The average Bonchev–Trinajstić information content (AvgIpc) is 3.55. The lowest BCUT2D eigenvalue weighted by Crippen LogP contribution is -2.47. The maximum Gasteiger partial charge on any atom is 0.253 e. The summed E-state index contributed by atoms with van der Waals surface area (Å²) in [5.74, 6) is -0.264. The smallest absolute Gasteiger partial charge is 0.253 e. The first-order valence-electron chi connectivity index (χ1n) is 10.1. The molecule has 29 heavy (non-hydrogen) atoms. The van der Waals surface area contributed by atoms with Gasteiger partial charge in [-0.2, -0.15) is 0 Å². The summed E-state index contributed by atoms with van der Waals surface area (Å²) >= 11 is 0. The molecule has 1 heterocycles. The highest BCUT2D eigenvalue weighted by Crippen LogP contribution is 2.48. The molecule has 0 spiro atoms. The van der Waals surface area contributed by atoms with Crippen LogP contribution in [0.1, 0.15) is 34.3 Å². The molecule has 152 valence electrons. The Kier molecular flexibility index (Phi) is 5.37. The van der Waals surface area contributed by atoms with Crippen molar-refractivity contribution in [2.24, 2.45) is 0 Å². The van der Waals surface area contributed by atoms with Crippen LogP contribution in [0.5, 0.6) is 0 Å². The topological polar surface area (TPSA) is 52.6 Å². The second kappa shape index (κ2) is 7.95. The van der Waals surface area contributed by atoms with Crippen LogP contribution in [-0.4, -0.2) is 54.8 Å². The van der Waals surface area contributed by atoms with Crippen LogP contribution < -0.4 is 5.32 Å². The number of hydrogen-bond acceptors (Lipinski definition) is 3. The second-order valence-electron chi connectivity index (χ2n) is 8.06. The van der Waals surface area contributed by atoms with Crippen molar-refractivity contribution in [3.63, 3.8) is 0 Å². The van der Waals surface area contributed by atoms with E-state index in [-0.39, 0.29) is 17.6 Å². The summed E-state index contributed by atoms with van der Waals surface area (Å²) in [6, 6.07) is 13.6. The molecule has 1 aliphatic heterocycles. The SMILES string of the molecule is CN1CCN(C(=O)c2ccc(CNC(=O)C3(c4ccc(F)cc4)CC3)cc2)CC1. The number of benzene rings is 2. The highest BCUT2D eigenvalue weighted by molar-refractivity contribution is 5.94. The number of nitrogens with one attached hydrogen (secondary N) is 1. The molecule has 2 fully saturated rings. The molecule has 2 aromatic rings. The van der Waals surface area contributed by atoms with E-state index < -0.39 is 5.41 Å². The molecule has 0 radical (unpaired) electrons. The third-order valence-electron chi connectivity index (χ3n) is 6.03. The Morgan fingerprint density at radius 3 is 2.17 bits per heavy atom. The van der Waals surface area contributed by atoms with Gasteiger partial charge >= 0.3 is 0 Å². The Bertz CT molecular complexity index is 883. The lowest BCUT2D eigenvalue weighted by atomic mass is 9.95. The van der Waals surface area contributed by atoms with Crippen molar-refractivity contribution in [1.82, 2.24) is 15.1 Å². The third-order valence-corrected chi connectivity index (χ3v) is 6.03. The molecule has 6 heteroatoms. The van der Waals surface area contributed by atoms with Crippen LogP contribution in [0.15, 0.2) is 48.5 Å². The zero-order valence-electron chi connectivity index (χ0n) is 16.7. The molecule has 2 aliphatic rings. The lowest BCUT2D eigenvalue weighted by Gasteiger charge is -2.32. The summed E-state index contributed by atoms with van der Waals surface area (Å²) in [6.45, 7) is 3.69. The number of rotatable bonds is 5. The van der Waals surface area contributed by atoms with E-state index in [2.05, 4.69) is 17.3 Å². The lowest BCUT2D eigenvalue weighted by molar-refractivity contribution is -0.123. The predicted molar refractivity (Wildman–Crippen MR) is 109 cm³/mol. The average molecular weight is 395 g/mol. The normalized spacial score (nSPS) is 18.3. The minimum Gasteiger partial charge on any atom is -0.351 e. The fraction of sp³-hybridized carbons (Fsp3) is 0.391. The van der Waals surface area contributed by atoms with Gasteiger partial charge in [0.05, 0.1) is 5.41 Å². The number of carbonyl (C=O) groups excluding carboxylic acids is 2. The molecular weight excluding hydrogens is 369 g/mol. The summed E-state index contributed by atoms with van der Waals surface area (Å²) in [6.07, 6.45) is 1.56. The maximum atomic E-state index is 13.2. The Hall–Kier alpha value is -2.73. The number of carbonyl (C=O) groups is 2. The van der Waals surface area contributed by atoms with Crippen molar-refractivity contribution in [1.29, 1.82) is 0 Å². The molecule has 5 nitrogen and oxygen atoms in total. The largest absolute Gasteiger partial charge is 0.351 e. The Morgan fingerprint density at radius 2 is 1.59 bits per heavy atom. The van der Waals surface area contributed by atoms with Crippen molar-refractivity contribution < 1.29 is 14.0 Å². The maximum absolute atomic E-state index is 13.2. The number of halogens is 1. The van der Waals surface area contributed by atoms with E-state index in [4.69, 9.17) is 0 Å². The van der Waals surface area contributed by atoms with Crippen LogP contribution in [0.2, 0.25) is 0 Å². The zero-order valence-corrected chi connectivity index (χ0v) is 16.7. The predicted octanol–water partition coefficient (Wildman–Crippen LogP) is 2.56. The first kappa shape index (κ1) is 19.6. The van der Waals surface area contributed by atoms with Gasteiger partial charge in [-0.05, 0) is 55.3 Å². The van der Waals surface area contributed by atoms with E-state index in [1.54, 1.807) is 12.1 Å². The van der Waals surface area contributed by atoms with E-state index in [9.17, 15) is 14.0 Å². The van der Waals surface area contributed by atoms with Crippen molar-refractivity contribution in [2.45, 2.75) is 24.8 Å². The van der Waals surface area contributed by atoms with Gasteiger partial charge in [0.1, 0.15) is 5.82 Å². The molecule has 1 saturated heterocycles. The van der Waals surface area contributed by atoms with E-state index in [1.165, 1.54) is 12.1 Å². The number of hydrogen-bond donors (Lipinski definition) is 1. The number of piperazine rings is 1. The highest BCUT2D eigenvalue weighted by Gasteiger charge is 2.51. The minimum atomic E-state index is -0.523. The number of amides is 2. The van der Waals surface area contributed by atoms with Crippen molar-refractivity contribution in [3.8, 4) is 0 Å². The number of likely N-dealkylation sites (N-methyl/N-ethyl adjacent to an activating group) is 1. The standard InChI is InChI=1S/C23H26FN3O2/c1-26-12-14-27(15-13-26)21(28)18-4-2-17(3-5-18)16-25-22(29)23(10-11-23)19-6-8-20(24)9-7-19/h2-9H,10-16H2,1H3,(H,25,29). The van der Waals surface area contributed by atoms with Gasteiger partial charge in [-0.3, -0.25) is 9.59 Å². The van der Waals surface area contributed by atoms with Gasteiger partial charge in [0.2, 0.25) is 5.91 Å². The molecule has 1 N–H and O–H groups in total. The molecule has 0 unspecified atom stereocenters. The molecule has 2 aromatic carbocycles. The van der Waals surface area contributed by atoms with Crippen LogP contribution in [0, 0.1) is 5.82 Å². The van der Waals surface area contributed by atoms with Gasteiger partial charge in [-0.25, -0.2) is 4.39 Å². The summed E-state index contributed by atoms with van der Waals surface area (Å²) in [5.41, 5.74) is 1.97. The first-order chi connectivity index (χ1) is 14.0. The number of nitrogens with zero attached hydrogens (tertiary/aromatic N) is 2. The van der Waals surface area contributed by atoms with Gasteiger partial charge < -0.3 is 15.1 Å². The minimum absolute atomic E-state index is 0.0262. The van der Waals surface area contributed by atoms with Crippen molar-refractivity contribution in [2.75, 3.05) is 33.2 Å². The van der Waals surface area contributed by atoms with Crippen molar-refractivity contribution in [3.05, 3.63) is 71.0 Å².